The average Bonchev–Trinajstić information content (AvgIpc) is 2.63. The van der Waals surface area contributed by atoms with Crippen LogP contribution in [0.2, 0.25) is 0 Å². The minimum absolute atomic E-state index is 0. The highest BCUT2D eigenvalue weighted by Gasteiger charge is 2.25. The van der Waals surface area contributed by atoms with Crippen molar-refractivity contribution in [2.24, 2.45) is 5.73 Å². The second kappa shape index (κ2) is 12.0. The van der Waals surface area contributed by atoms with Gasteiger partial charge < -0.3 is 21.3 Å². The molecule has 1 aromatic carbocycles. The third-order valence-corrected chi connectivity index (χ3v) is 3.70. The molecule has 0 aromatic heterocycles. The van der Waals surface area contributed by atoms with Crippen molar-refractivity contribution in [3.8, 4) is 0 Å². The molecule has 0 radical (unpaired) electrons. The van der Waals surface area contributed by atoms with Crippen molar-refractivity contribution in [3.63, 3.8) is 0 Å². The lowest BCUT2D eigenvalue weighted by molar-refractivity contribution is -0.139. The summed E-state index contributed by atoms with van der Waals surface area (Å²) in [5, 5.41) is 4.82. The number of likely N-dealkylation sites (N-methyl/N-ethyl adjacent to an activating group) is 1. The number of Topliss-reactive ketones (excluding diaryl/α,β-unsaturated/α-hetero) is 1. The average molecular weight is 399 g/mol. The van der Waals surface area contributed by atoms with Gasteiger partial charge in [-0.2, -0.15) is 0 Å². The molecule has 0 spiro atoms. The highest BCUT2D eigenvalue weighted by atomic mass is 35.5. The molecule has 0 bridgehead atoms. The standard InChI is InChI=1S/C18H26N4O4.ClH/c1-4-8-13(19)16(24)17(25)20-11-14(23)21-15(18(26)22(2)3)12-9-6-5-7-10-12;/h5-7,9-10,13,15H,4,8,11,19H2,1-3H3,(H,20,25)(H,21,23);1H/t13?,15-;/m0./s1. The molecule has 8 nitrogen and oxygen atoms in total. The van der Waals surface area contributed by atoms with Crippen molar-refractivity contribution in [2.45, 2.75) is 31.8 Å². The highest BCUT2D eigenvalue weighted by Crippen LogP contribution is 2.14. The lowest BCUT2D eigenvalue weighted by atomic mass is 10.1. The number of hydrogen-bond acceptors (Lipinski definition) is 5. The fourth-order valence-corrected chi connectivity index (χ4v) is 2.26. The molecule has 9 heteroatoms. The number of amides is 3. The molecule has 0 aliphatic rings. The van der Waals surface area contributed by atoms with E-state index >= 15 is 0 Å². The molecule has 0 saturated carbocycles. The Labute approximate surface area is 165 Å². The van der Waals surface area contributed by atoms with Crippen LogP contribution in [0.15, 0.2) is 30.3 Å². The zero-order valence-electron chi connectivity index (χ0n) is 15.7. The normalized spacial score (nSPS) is 12.1. The molecule has 0 aliphatic heterocycles. The fraction of sp³-hybridized carbons (Fsp3) is 0.444. The van der Waals surface area contributed by atoms with Crippen molar-refractivity contribution >= 4 is 35.9 Å². The van der Waals surface area contributed by atoms with Crippen molar-refractivity contribution in [1.82, 2.24) is 15.5 Å². The molecule has 150 valence electrons. The Kier molecular flexibility index (Phi) is 10.9. The molecule has 0 saturated heterocycles. The Balaban J connectivity index is 0.00000676. The second-order valence-electron chi connectivity index (χ2n) is 6.09. The number of nitrogens with zero attached hydrogens (tertiary/aromatic N) is 1. The van der Waals surface area contributed by atoms with Crippen LogP contribution in [0.5, 0.6) is 0 Å². The molecule has 1 rings (SSSR count). The maximum Gasteiger partial charge on any atom is 0.289 e. The van der Waals surface area contributed by atoms with E-state index in [0.29, 0.717) is 18.4 Å². The molecule has 2 atom stereocenters. The number of rotatable bonds is 9. The van der Waals surface area contributed by atoms with Gasteiger partial charge in [0.1, 0.15) is 6.04 Å². The maximum atomic E-state index is 12.3. The Morgan fingerprint density at radius 2 is 1.70 bits per heavy atom. The van der Waals surface area contributed by atoms with E-state index in [-0.39, 0.29) is 18.3 Å². The first-order chi connectivity index (χ1) is 12.3. The van der Waals surface area contributed by atoms with Gasteiger partial charge in [-0.3, -0.25) is 19.2 Å². The zero-order chi connectivity index (χ0) is 19.7. The summed E-state index contributed by atoms with van der Waals surface area (Å²) in [5.74, 6) is -2.56. The predicted octanol–water partition coefficient (Wildman–Crippen LogP) is 0.167. The molecular formula is C18H27ClN4O4. The van der Waals surface area contributed by atoms with Gasteiger partial charge in [0.2, 0.25) is 17.6 Å². The first-order valence-corrected chi connectivity index (χ1v) is 8.41. The largest absolute Gasteiger partial charge is 0.347 e. The second-order valence-corrected chi connectivity index (χ2v) is 6.09. The minimum atomic E-state index is -0.906. The van der Waals surface area contributed by atoms with E-state index in [1.807, 2.05) is 6.92 Å². The first-order valence-electron chi connectivity index (χ1n) is 8.41. The Morgan fingerprint density at radius 3 is 2.22 bits per heavy atom. The number of nitrogens with two attached hydrogens (primary N) is 1. The van der Waals surface area contributed by atoms with Crippen molar-refractivity contribution in [3.05, 3.63) is 35.9 Å². The summed E-state index contributed by atoms with van der Waals surface area (Å²) in [5.41, 5.74) is 6.22. The van der Waals surface area contributed by atoms with Crippen LogP contribution in [0, 0.1) is 0 Å². The monoisotopic (exact) mass is 398 g/mol. The van der Waals surface area contributed by atoms with E-state index in [9.17, 15) is 19.2 Å². The van der Waals surface area contributed by atoms with Crippen LogP contribution in [-0.2, 0) is 19.2 Å². The smallest absolute Gasteiger partial charge is 0.289 e. The summed E-state index contributed by atoms with van der Waals surface area (Å²) < 4.78 is 0. The van der Waals surface area contributed by atoms with Crippen LogP contribution >= 0.6 is 12.4 Å². The van der Waals surface area contributed by atoms with Crippen molar-refractivity contribution < 1.29 is 19.2 Å². The van der Waals surface area contributed by atoms with Gasteiger partial charge in [-0.1, -0.05) is 43.7 Å². The van der Waals surface area contributed by atoms with Gasteiger partial charge in [-0.15, -0.1) is 12.4 Å². The molecule has 0 aliphatic carbocycles. The van der Waals surface area contributed by atoms with E-state index in [0.717, 1.165) is 0 Å². The summed E-state index contributed by atoms with van der Waals surface area (Å²) in [6, 6.07) is 6.99. The number of halogens is 1. The number of nitrogens with one attached hydrogen (secondary N) is 2. The van der Waals surface area contributed by atoms with Crippen molar-refractivity contribution in [2.75, 3.05) is 20.6 Å². The lowest BCUT2D eigenvalue weighted by Crippen LogP contribution is -2.47. The van der Waals surface area contributed by atoms with E-state index < -0.39 is 36.2 Å². The van der Waals surface area contributed by atoms with Crippen LogP contribution in [0.25, 0.3) is 0 Å². The quantitative estimate of drug-likeness (QED) is 0.512. The van der Waals surface area contributed by atoms with Crippen LogP contribution in [0.1, 0.15) is 31.4 Å². The first kappa shape index (κ1) is 24.6. The topological polar surface area (TPSA) is 122 Å². The summed E-state index contributed by atoms with van der Waals surface area (Å²) in [6.45, 7) is 1.43. The summed E-state index contributed by atoms with van der Waals surface area (Å²) in [4.78, 5) is 49.4. The fourth-order valence-electron chi connectivity index (χ4n) is 2.26. The van der Waals surface area contributed by atoms with Gasteiger partial charge in [-0.25, -0.2) is 0 Å². The predicted molar refractivity (Wildman–Crippen MR) is 104 cm³/mol. The number of hydrogen-bond donors (Lipinski definition) is 3. The third kappa shape index (κ3) is 7.76. The number of carbonyl (C=O) groups is 4. The lowest BCUT2D eigenvalue weighted by Gasteiger charge is -2.22. The maximum absolute atomic E-state index is 12.3. The van der Waals surface area contributed by atoms with Crippen LogP contribution in [0.3, 0.4) is 0 Å². The molecule has 0 heterocycles. The molecule has 4 N–H and O–H groups in total. The van der Waals surface area contributed by atoms with Crippen molar-refractivity contribution in [1.29, 1.82) is 0 Å². The summed E-state index contributed by atoms with van der Waals surface area (Å²) in [6.07, 6.45) is 1.07. The summed E-state index contributed by atoms with van der Waals surface area (Å²) >= 11 is 0. The van der Waals surface area contributed by atoms with E-state index in [2.05, 4.69) is 10.6 Å². The number of benzene rings is 1. The molecule has 0 fully saturated rings. The van der Waals surface area contributed by atoms with Gasteiger partial charge in [0, 0.05) is 14.1 Å². The highest BCUT2D eigenvalue weighted by molar-refractivity contribution is 6.38. The molecule has 27 heavy (non-hydrogen) atoms. The van der Waals surface area contributed by atoms with Crippen LogP contribution in [-0.4, -0.2) is 55.1 Å². The van der Waals surface area contributed by atoms with Gasteiger partial charge in [0.05, 0.1) is 12.6 Å². The Hall–Kier alpha value is -2.45. The molecule has 1 aromatic rings. The number of ketones is 1. The zero-order valence-corrected chi connectivity index (χ0v) is 16.5. The van der Waals surface area contributed by atoms with Gasteiger partial charge in [0.15, 0.2) is 0 Å². The summed E-state index contributed by atoms with van der Waals surface area (Å²) in [7, 11) is 3.17. The van der Waals surface area contributed by atoms with Gasteiger partial charge >= 0.3 is 0 Å². The van der Waals surface area contributed by atoms with Gasteiger partial charge in [0.25, 0.3) is 5.91 Å². The Morgan fingerprint density at radius 1 is 1.11 bits per heavy atom. The Bertz CT molecular complexity index is 652. The number of carbonyl (C=O) groups excluding carboxylic acids is 4. The van der Waals surface area contributed by atoms with E-state index in [1.54, 1.807) is 44.4 Å². The molecule has 1 unspecified atom stereocenters. The minimum Gasteiger partial charge on any atom is -0.347 e. The van der Waals surface area contributed by atoms with E-state index in [4.69, 9.17) is 5.73 Å². The molecular weight excluding hydrogens is 372 g/mol. The third-order valence-electron chi connectivity index (χ3n) is 3.70. The van der Waals surface area contributed by atoms with Crippen LogP contribution < -0.4 is 16.4 Å². The van der Waals surface area contributed by atoms with E-state index in [1.165, 1.54) is 4.90 Å². The van der Waals surface area contributed by atoms with Gasteiger partial charge in [-0.05, 0) is 12.0 Å². The SMILES string of the molecule is CCCC(N)C(=O)C(=O)NCC(=O)N[C@H](C(=O)N(C)C)c1ccccc1.Cl. The molecule has 3 amide bonds. The van der Waals surface area contributed by atoms with Crippen LogP contribution in [0.4, 0.5) is 0 Å².